The molecule has 0 atom stereocenters. The van der Waals surface area contributed by atoms with Gasteiger partial charge in [-0.3, -0.25) is 9.78 Å². The monoisotopic (exact) mass is 367 g/mol. The zero-order valence-electron chi connectivity index (χ0n) is 16.5. The third-order valence-electron chi connectivity index (χ3n) is 4.81. The van der Waals surface area contributed by atoms with Crippen LogP contribution in [0.4, 0.5) is 11.4 Å². The van der Waals surface area contributed by atoms with E-state index in [1.807, 2.05) is 25.1 Å². The molecule has 2 aromatic rings. The fourth-order valence-electron chi connectivity index (χ4n) is 3.25. The number of benzene rings is 1. The predicted octanol–water partition coefficient (Wildman–Crippen LogP) is 2.33. The van der Waals surface area contributed by atoms with Crippen LogP contribution in [0, 0.1) is 6.92 Å². The van der Waals surface area contributed by atoms with Crippen LogP contribution in [0.1, 0.15) is 15.9 Å². The quantitative estimate of drug-likeness (QED) is 0.849. The highest BCUT2D eigenvalue weighted by molar-refractivity contribution is 5.95. The molecule has 1 saturated heterocycles. The van der Waals surface area contributed by atoms with Crippen molar-refractivity contribution in [3.05, 3.63) is 53.9 Å². The lowest BCUT2D eigenvalue weighted by molar-refractivity contribution is 0.0746. The summed E-state index contributed by atoms with van der Waals surface area (Å²) in [5.74, 6) is 0.0580. The molecule has 1 aromatic heterocycles. The number of nitrogens with one attached hydrogen (secondary N) is 1. The van der Waals surface area contributed by atoms with Crippen molar-refractivity contribution < 1.29 is 4.79 Å². The Kier molecular flexibility index (Phi) is 6.29. The number of aromatic nitrogens is 1. The zero-order valence-corrected chi connectivity index (χ0v) is 16.5. The average Bonchev–Trinajstić information content (AvgIpc) is 2.67. The van der Waals surface area contributed by atoms with Crippen molar-refractivity contribution in [3.63, 3.8) is 0 Å². The first-order chi connectivity index (χ1) is 13.0. The van der Waals surface area contributed by atoms with E-state index in [2.05, 4.69) is 51.3 Å². The summed E-state index contributed by atoms with van der Waals surface area (Å²) in [5.41, 5.74) is 4.03. The van der Waals surface area contributed by atoms with Crippen LogP contribution in [0.2, 0.25) is 0 Å². The van der Waals surface area contributed by atoms with Crippen LogP contribution in [0.25, 0.3) is 0 Å². The number of hydrogen-bond donors (Lipinski definition) is 1. The largest absolute Gasteiger partial charge is 0.382 e. The molecule has 0 saturated carbocycles. The lowest BCUT2D eigenvalue weighted by Gasteiger charge is -2.36. The first kappa shape index (κ1) is 19.2. The van der Waals surface area contributed by atoms with Gasteiger partial charge in [0.25, 0.3) is 5.91 Å². The van der Waals surface area contributed by atoms with Crippen molar-refractivity contribution in [3.8, 4) is 0 Å². The Morgan fingerprint density at radius 3 is 2.63 bits per heavy atom. The third-order valence-corrected chi connectivity index (χ3v) is 4.81. The molecule has 6 nitrogen and oxygen atoms in total. The molecule has 0 aliphatic carbocycles. The summed E-state index contributed by atoms with van der Waals surface area (Å²) in [6.45, 7) is 7.01. The molecule has 1 aliphatic rings. The Morgan fingerprint density at radius 2 is 1.93 bits per heavy atom. The molecule has 0 spiro atoms. The van der Waals surface area contributed by atoms with E-state index in [0.29, 0.717) is 5.56 Å². The third kappa shape index (κ3) is 5.20. The number of pyridine rings is 1. The van der Waals surface area contributed by atoms with Gasteiger partial charge in [0.05, 0.1) is 11.3 Å². The van der Waals surface area contributed by atoms with Gasteiger partial charge in [0.1, 0.15) is 0 Å². The topological polar surface area (TPSA) is 51.7 Å². The Balaban J connectivity index is 1.57. The Morgan fingerprint density at radius 1 is 1.15 bits per heavy atom. The van der Waals surface area contributed by atoms with Crippen molar-refractivity contribution in [2.75, 3.05) is 63.6 Å². The molecule has 6 heteroatoms. The number of likely N-dealkylation sites (N-methyl/N-ethyl adjacent to an activating group) is 1. The maximum absolute atomic E-state index is 12.9. The molecular formula is C21H29N5O. The number of hydrogen-bond acceptors (Lipinski definition) is 5. The molecule has 3 rings (SSSR count). The van der Waals surface area contributed by atoms with Gasteiger partial charge in [0, 0.05) is 57.3 Å². The normalized spacial score (nSPS) is 14.5. The van der Waals surface area contributed by atoms with Crippen LogP contribution < -0.4 is 10.2 Å². The van der Waals surface area contributed by atoms with Gasteiger partial charge in [-0.1, -0.05) is 12.1 Å². The van der Waals surface area contributed by atoms with Crippen LogP contribution in [0.15, 0.2) is 42.7 Å². The second kappa shape index (κ2) is 8.86. The number of carbonyl (C=O) groups is 1. The van der Waals surface area contributed by atoms with E-state index in [4.69, 9.17) is 0 Å². The van der Waals surface area contributed by atoms with E-state index in [1.54, 1.807) is 12.4 Å². The average molecular weight is 367 g/mol. The van der Waals surface area contributed by atoms with E-state index in [0.717, 1.165) is 45.0 Å². The second-order valence-electron chi connectivity index (χ2n) is 7.31. The van der Waals surface area contributed by atoms with E-state index in [1.165, 1.54) is 11.3 Å². The SMILES string of the molecule is Cc1cccc(N2CCN(C(=O)c3cncc(NCCN(C)C)c3)CC2)c1. The fraction of sp³-hybridized carbons (Fsp3) is 0.429. The maximum atomic E-state index is 12.9. The highest BCUT2D eigenvalue weighted by Crippen LogP contribution is 2.19. The number of aryl methyl sites for hydroxylation is 1. The molecule has 1 amide bonds. The van der Waals surface area contributed by atoms with E-state index in [-0.39, 0.29) is 5.91 Å². The number of piperazine rings is 1. The number of anilines is 2. The Bertz CT molecular complexity index is 769. The van der Waals surface area contributed by atoms with Gasteiger partial charge in [-0.15, -0.1) is 0 Å². The van der Waals surface area contributed by atoms with Crippen molar-refractivity contribution >= 4 is 17.3 Å². The summed E-state index contributed by atoms with van der Waals surface area (Å²) in [6, 6.07) is 10.4. The molecule has 27 heavy (non-hydrogen) atoms. The predicted molar refractivity (Wildman–Crippen MR) is 111 cm³/mol. The number of nitrogens with zero attached hydrogens (tertiary/aromatic N) is 4. The van der Waals surface area contributed by atoms with Crippen molar-refractivity contribution in [1.82, 2.24) is 14.8 Å². The van der Waals surface area contributed by atoms with Gasteiger partial charge in [0.15, 0.2) is 0 Å². The fourth-order valence-corrected chi connectivity index (χ4v) is 3.25. The second-order valence-corrected chi connectivity index (χ2v) is 7.31. The van der Waals surface area contributed by atoms with Crippen molar-refractivity contribution in [2.24, 2.45) is 0 Å². The summed E-state index contributed by atoms with van der Waals surface area (Å²) in [5, 5.41) is 3.32. The molecule has 2 heterocycles. The minimum absolute atomic E-state index is 0.0580. The van der Waals surface area contributed by atoms with Gasteiger partial charge < -0.3 is 20.0 Å². The summed E-state index contributed by atoms with van der Waals surface area (Å²) in [6.07, 6.45) is 3.43. The van der Waals surface area contributed by atoms with E-state index in [9.17, 15) is 4.79 Å². The molecule has 0 unspecified atom stereocenters. The van der Waals surface area contributed by atoms with Crippen LogP contribution in [-0.4, -0.2) is 74.1 Å². The summed E-state index contributed by atoms with van der Waals surface area (Å²) >= 11 is 0. The number of rotatable bonds is 6. The Labute approximate surface area is 161 Å². The molecule has 1 aliphatic heterocycles. The van der Waals surface area contributed by atoms with Gasteiger partial charge in [-0.25, -0.2) is 0 Å². The summed E-state index contributed by atoms with van der Waals surface area (Å²) < 4.78 is 0. The highest BCUT2D eigenvalue weighted by Gasteiger charge is 2.22. The van der Waals surface area contributed by atoms with Gasteiger partial charge in [-0.2, -0.15) is 0 Å². The van der Waals surface area contributed by atoms with E-state index < -0.39 is 0 Å². The van der Waals surface area contributed by atoms with Gasteiger partial charge in [-0.05, 0) is 44.8 Å². The molecule has 0 bridgehead atoms. The molecule has 1 fully saturated rings. The standard InChI is InChI=1S/C21H29N5O/c1-17-5-4-6-20(13-17)25-9-11-26(12-10-25)21(27)18-14-19(16-22-15-18)23-7-8-24(2)3/h4-6,13-16,23H,7-12H2,1-3H3. The lowest BCUT2D eigenvalue weighted by atomic mass is 10.1. The molecule has 1 aromatic carbocycles. The minimum atomic E-state index is 0.0580. The van der Waals surface area contributed by atoms with Crippen LogP contribution in [0.5, 0.6) is 0 Å². The van der Waals surface area contributed by atoms with Gasteiger partial charge in [0.2, 0.25) is 0 Å². The summed E-state index contributed by atoms with van der Waals surface area (Å²) in [7, 11) is 4.08. The number of amides is 1. The lowest BCUT2D eigenvalue weighted by Crippen LogP contribution is -2.48. The first-order valence-corrected chi connectivity index (χ1v) is 9.47. The van der Waals surface area contributed by atoms with Crippen molar-refractivity contribution in [2.45, 2.75) is 6.92 Å². The highest BCUT2D eigenvalue weighted by atomic mass is 16.2. The van der Waals surface area contributed by atoms with Crippen LogP contribution in [0.3, 0.4) is 0 Å². The van der Waals surface area contributed by atoms with Gasteiger partial charge >= 0.3 is 0 Å². The minimum Gasteiger partial charge on any atom is -0.382 e. The smallest absolute Gasteiger partial charge is 0.255 e. The Hall–Kier alpha value is -2.60. The van der Waals surface area contributed by atoms with Crippen LogP contribution >= 0.6 is 0 Å². The maximum Gasteiger partial charge on any atom is 0.255 e. The van der Waals surface area contributed by atoms with Crippen molar-refractivity contribution in [1.29, 1.82) is 0 Å². The zero-order chi connectivity index (χ0) is 19.2. The van der Waals surface area contributed by atoms with Crippen LogP contribution in [-0.2, 0) is 0 Å². The summed E-state index contributed by atoms with van der Waals surface area (Å²) in [4.78, 5) is 23.5. The molecule has 144 valence electrons. The first-order valence-electron chi connectivity index (χ1n) is 9.47. The molecule has 0 radical (unpaired) electrons. The van der Waals surface area contributed by atoms with E-state index >= 15 is 0 Å². The molecule has 1 N–H and O–H groups in total. The number of carbonyl (C=O) groups excluding carboxylic acids is 1. The molecular weight excluding hydrogens is 338 g/mol.